The second-order valence-electron chi connectivity index (χ2n) is 5.47. The van der Waals surface area contributed by atoms with Crippen LogP contribution in [0.3, 0.4) is 0 Å². The average molecular weight is 353 g/mol. The zero-order valence-corrected chi connectivity index (χ0v) is 14.4. The number of carbonyl (C=O) groups is 2. The van der Waals surface area contributed by atoms with Crippen molar-refractivity contribution in [2.24, 2.45) is 0 Å². The highest BCUT2D eigenvalue weighted by atomic mass is 32.2. The maximum absolute atomic E-state index is 14.2. The molecule has 1 aromatic carbocycles. The molecular weight excluding hydrogens is 333 g/mol. The summed E-state index contributed by atoms with van der Waals surface area (Å²) >= 11 is 1.52. The molecular formula is C17H20FNO4S. The molecule has 0 fully saturated rings. The number of thioether (sulfide) groups is 1. The molecule has 7 heteroatoms. The number of benzene rings is 1. The Morgan fingerprint density at radius 2 is 2.12 bits per heavy atom. The van der Waals surface area contributed by atoms with Gasteiger partial charge in [0.15, 0.2) is 0 Å². The smallest absolute Gasteiger partial charge is 0.327 e. The quantitative estimate of drug-likeness (QED) is 0.794. The molecule has 1 aromatic rings. The molecule has 24 heavy (non-hydrogen) atoms. The second kappa shape index (κ2) is 8.30. The predicted molar refractivity (Wildman–Crippen MR) is 90.1 cm³/mol. The Balaban J connectivity index is 2.35. The highest BCUT2D eigenvalue weighted by molar-refractivity contribution is 8.02. The van der Waals surface area contributed by atoms with E-state index in [9.17, 15) is 14.0 Å². The van der Waals surface area contributed by atoms with Gasteiger partial charge in [0, 0.05) is 18.7 Å². The Labute approximate surface area is 144 Å². The van der Waals surface area contributed by atoms with Crippen molar-refractivity contribution in [1.82, 2.24) is 4.90 Å². The van der Waals surface area contributed by atoms with Crippen LogP contribution in [0.25, 0.3) is 0 Å². The van der Waals surface area contributed by atoms with Crippen molar-refractivity contribution in [2.45, 2.75) is 18.9 Å². The predicted octanol–water partition coefficient (Wildman–Crippen LogP) is 2.84. The third-order valence-electron chi connectivity index (χ3n) is 4.01. The molecule has 0 amide bonds. The number of aliphatic carboxylic acids is 1. The molecule has 0 aliphatic carbocycles. The van der Waals surface area contributed by atoms with Crippen LogP contribution in [0.15, 0.2) is 34.7 Å². The van der Waals surface area contributed by atoms with Crippen LogP contribution in [0.5, 0.6) is 0 Å². The van der Waals surface area contributed by atoms with Crippen molar-refractivity contribution in [3.63, 3.8) is 0 Å². The van der Waals surface area contributed by atoms with E-state index in [0.717, 1.165) is 10.5 Å². The molecule has 5 nitrogen and oxygen atoms in total. The van der Waals surface area contributed by atoms with Gasteiger partial charge in [-0.25, -0.2) is 9.18 Å². The number of carboxylic acid groups (broad SMARTS) is 1. The molecule has 0 spiro atoms. The Bertz CT molecular complexity index is 662. The van der Waals surface area contributed by atoms with Crippen LogP contribution in [0.2, 0.25) is 0 Å². The lowest BCUT2D eigenvalue weighted by molar-refractivity contribution is -0.147. The molecule has 0 aromatic heterocycles. The minimum atomic E-state index is -0.918. The van der Waals surface area contributed by atoms with Crippen molar-refractivity contribution < 1.29 is 23.8 Å². The Hall–Kier alpha value is -1.86. The number of carboxylic acids is 1. The first-order valence-corrected chi connectivity index (χ1v) is 8.73. The van der Waals surface area contributed by atoms with Crippen molar-refractivity contribution in [2.75, 3.05) is 26.5 Å². The molecule has 1 heterocycles. The number of nitrogens with zero attached hydrogens (tertiary/aromatic N) is 1. The lowest BCUT2D eigenvalue weighted by Crippen LogP contribution is -2.40. The zero-order valence-electron chi connectivity index (χ0n) is 13.6. The number of halogens is 1. The third-order valence-corrected chi connectivity index (χ3v) is 5.00. The fraction of sp³-hybridized carbons (Fsp3) is 0.412. The summed E-state index contributed by atoms with van der Waals surface area (Å²) in [5.74, 6) is -1.95. The van der Waals surface area contributed by atoms with Gasteiger partial charge in [-0.15, -0.1) is 11.8 Å². The van der Waals surface area contributed by atoms with Crippen molar-refractivity contribution in [3.05, 3.63) is 46.1 Å². The van der Waals surface area contributed by atoms with Gasteiger partial charge in [0.05, 0.1) is 13.5 Å². The van der Waals surface area contributed by atoms with E-state index < -0.39 is 23.8 Å². The summed E-state index contributed by atoms with van der Waals surface area (Å²) < 4.78 is 19.1. The van der Waals surface area contributed by atoms with E-state index in [0.29, 0.717) is 19.5 Å². The first kappa shape index (κ1) is 18.5. The van der Waals surface area contributed by atoms with Crippen molar-refractivity contribution in [1.29, 1.82) is 0 Å². The average Bonchev–Trinajstić information content (AvgIpc) is 2.56. The van der Waals surface area contributed by atoms with Crippen LogP contribution in [0.4, 0.5) is 4.39 Å². The van der Waals surface area contributed by atoms with E-state index in [-0.39, 0.29) is 12.0 Å². The molecule has 1 atom stereocenters. The minimum Gasteiger partial charge on any atom is -0.481 e. The molecule has 1 unspecified atom stereocenters. The van der Waals surface area contributed by atoms with Gasteiger partial charge in [-0.05, 0) is 29.2 Å². The number of ether oxygens (including phenoxy) is 1. The third kappa shape index (κ3) is 4.15. The van der Waals surface area contributed by atoms with E-state index in [1.165, 1.54) is 24.9 Å². The van der Waals surface area contributed by atoms with Crippen LogP contribution >= 0.6 is 11.8 Å². The molecule has 130 valence electrons. The normalized spacial score (nSPS) is 16.8. The van der Waals surface area contributed by atoms with Gasteiger partial charge in [0.2, 0.25) is 0 Å². The maximum Gasteiger partial charge on any atom is 0.327 e. The summed E-state index contributed by atoms with van der Waals surface area (Å²) in [5.41, 5.74) is 0.998. The second-order valence-corrected chi connectivity index (χ2v) is 6.37. The van der Waals surface area contributed by atoms with E-state index in [2.05, 4.69) is 0 Å². The van der Waals surface area contributed by atoms with Gasteiger partial charge < -0.3 is 9.84 Å². The van der Waals surface area contributed by atoms with Crippen LogP contribution in [0.1, 0.15) is 24.4 Å². The largest absolute Gasteiger partial charge is 0.481 e. The first-order valence-electron chi connectivity index (χ1n) is 7.51. The van der Waals surface area contributed by atoms with Crippen LogP contribution in [-0.2, 0) is 14.3 Å². The summed E-state index contributed by atoms with van der Waals surface area (Å²) in [4.78, 5) is 26.2. The fourth-order valence-corrected chi connectivity index (χ4v) is 3.64. The molecule has 2 rings (SSSR count). The SMILES string of the molecule is COC(=O)C(c1ccccc1F)N1CCC(SC)=C(CC(=O)O)C1. The van der Waals surface area contributed by atoms with Crippen LogP contribution < -0.4 is 0 Å². The lowest BCUT2D eigenvalue weighted by Gasteiger charge is -2.35. The van der Waals surface area contributed by atoms with E-state index >= 15 is 0 Å². The lowest BCUT2D eigenvalue weighted by atomic mass is 9.99. The molecule has 1 aliphatic heterocycles. The van der Waals surface area contributed by atoms with Gasteiger partial charge in [0.1, 0.15) is 11.9 Å². The minimum absolute atomic E-state index is 0.0855. The molecule has 0 radical (unpaired) electrons. The number of carbonyl (C=O) groups excluding carboxylic acids is 1. The van der Waals surface area contributed by atoms with E-state index in [4.69, 9.17) is 9.84 Å². The standard InChI is InChI=1S/C17H20FNO4S/c1-23-17(22)16(12-5-3-4-6-13(12)18)19-8-7-14(24-2)11(10-19)9-15(20)21/h3-6,16H,7-10H2,1-2H3,(H,20,21). The van der Waals surface area contributed by atoms with Gasteiger partial charge in [-0.2, -0.15) is 0 Å². The summed E-state index contributed by atoms with van der Waals surface area (Å²) in [7, 11) is 1.27. The van der Waals surface area contributed by atoms with E-state index in [1.54, 1.807) is 23.1 Å². The van der Waals surface area contributed by atoms with Crippen molar-refractivity contribution in [3.8, 4) is 0 Å². The summed E-state index contributed by atoms with van der Waals surface area (Å²) in [6.07, 6.45) is 2.45. The number of hydrogen-bond acceptors (Lipinski definition) is 5. The Kier molecular flexibility index (Phi) is 6.39. The molecule has 0 saturated heterocycles. The van der Waals surface area contributed by atoms with Crippen LogP contribution in [0, 0.1) is 5.82 Å². The Morgan fingerprint density at radius 3 is 2.71 bits per heavy atom. The molecule has 0 saturated carbocycles. The molecule has 1 aliphatic rings. The van der Waals surface area contributed by atoms with Gasteiger partial charge in [-0.1, -0.05) is 18.2 Å². The highest BCUT2D eigenvalue weighted by Gasteiger charge is 2.33. The highest BCUT2D eigenvalue weighted by Crippen LogP contribution is 2.34. The van der Waals surface area contributed by atoms with Crippen molar-refractivity contribution >= 4 is 23.7 Å². The summed E-state index contributed by atoms with van der Waals surface area (Å²) in [6.45, 7) is 0.837. The van der Waals surface area contributed by atoms with Gasteiger partial charge in [-0.3, -0.25) is 9.69 Å². The topological polar surface area (TPSA) is 66.8 Å². The fourth-order valence-electron chi connectivity index (χ4n) is 2.92. The summed E-state index contributed by atoms with van der Waals surface area (Å²) in [6, 6.07) is 5.20. The molecule has 1 N–H and O–H groups in total. The maximum atomic E-state index is 14.2. The first-order chi connectivity index (χ1) is 11.5. The van der Waals surface area contributed by atoms with Gasteiger partial charge in [0.25, 0.3) is 0 Å². The zero-order chi connectivity index (χ0) is 17.7. The number of hydrogen-bond donors (Lipinski definition) is 1. The number of methoxy groups -OCH3 is 1. The van der Waals surface area contributed by atoms with Gasteiger partial charge >= 0.3 is 11.9 Å². The monoisotopic (exact) mass is 353 g/mol. The van der Waals surface area contributed by atoms with E-state index in [1.807, 2.05) is 6.26 Å². The number of rotatable bonds is 6. The summed E-state index contributed by atoms with van der Waals surface area (Å²) in [5, 5.41) is 9.11. The number of esters is 1. The van der Waals surface area contributed by atoms with Crippen LogP contribution in [-0.4, -0.2) is 48.4 Å². The molecule has 0 bridgehead atoms. The Morgan fingerprint density at radius 1 is 1.42 bits per heavy atom.